The Morgan fingerprint density at radius 3 is 2.77 bits per heavy atom. The van der Waals surface area contributed by atoms with Crippen LogP contribution in [0.5, 0.6) is 11.5 Å². The molecule has 3 rings (SSSR count). The van der Waals surface area contributed by atoms with Crippen LogP contribution in [0.25, 0.3) is 11.5 Å². The maximum atomic E-state index is 5.97. The summed E-state index contributed by atoms with van der Waals surface area (Å²) in [4.78, 5) is 7.22. The first-order valence-corrected chi connectivity index (χ1v) is 9.08. The number of nitrogens with zero attached hydrogens (tertiary/aromatic N) is 2. The van der Waals surface area contributed by atoms with Crippen LogP contribution in [0.4, 0.5) is 0 Å². The van der Waals surface area contributed by atoms with Gasteiger partial charge in [0.05, 0.1) is 32.1 Å². The lowest BCUT2D eigenvalue weighted by molar-refractivity contribution is 0.0590. The lowest BCUT2D eigenvalue weighted by Gasteiger charge is -2.34. The number of hydrogen-bond acceptors (Lipinski definition) is 6. The summed E-state index contributed by atoms with van der Waals surface area (Å²) in [6, 6.07) is 6.07. The zero-order valence-electron chi connectivity index (χ0n) is 16.1. The smallest absolute Gasteiger partial charge is 0.230 e. The van der Waals surface area contributed by atoms with Crippen LogP contribution in [0.2, 0.25) is 0 Å². The summed E-state index contributed by atoms with van der Waals surface area (Å²) < 4.78 is 22.2. The van der Waals surface area contributed by atoms with Gasteiger partial charge in [0.25, 0.3) is 0 Å². The molecule has 1 aromatic heterocycles. The van der Waals surface area contributed by atoms with E-state index in [0.717, 1.165) is 42.5 Å². The third-order valence-electron chi connectivity index (χ3n) is 4.99. The fourth-order valence-electron chi connectivity index (χ4n) is 3.51. The number of rotatable bonds is 7. The first kappa shape index (κ1) is 18.7. The lowest BCUT2D eigenvalue weighted by atomic mass is 10.0. The monoisotopic (exact) mass is 360 g/mol. The SMILES string of the molecule is COC[C@H]1CCCCN1Cc1nc(-c2cc(OC)ccc2OC)oc1C. The van der Waals surface area contributed by atoms with Crippen LogP contribution in [-0.2, 0) is 11.3 Å². The molecule has 142 valence electrons. The van der Waals surface area contributed by atoms with Crippen LogP contribution in [0, 0.1) is 6.92 Å². The summed E-state index contributed by atoms with van der Waals surface area (Å²) in [7, 11) is 5.05. The molecule has 2 aromatic rings. The molecule has 1 atom stereocenters. The van der Waals surface area contributed by atoms with Crippen molar-refractivity contribution in [3.8, 4) is 23.0 Å². The standard InChI is InChI=1S/C20H28N2O4/c1-14-18(12-22-10-6-5-7-15(22)13-23-2)21-20(26-14)17-11-16(24-3)8-9-19(17)25-4/h8-9,11,15H,5-7,10,12-13H2,1-4H3/t15-/m1/s1. The molecule has 0 saturated carbocycles. The molecule has 1 aliphatic heterocycles. The fourth-order valence-corrected chi connectivity index (χ4v) is 3.51. The van der Waals surface area contributed by atoms with Gasteiger partial charge in [0.15, 0.2) is 0 Å². The summed E-state index contributed by atoms with van der Waals surface area (Å²) in [5.41, 5.74) is 1.76. The zero-order valence-corrected chi connectivity index (χ0v) is 16.1. The lowest BCUT2D eigenvalue weighted by Crippen LogP contribution is -2.41. The van der Waals surface area contributed by atoms with E-state index in [4.69, 9.17) is 23.6 Å². The average Bonchev–Trinajstić information content (AvgIpc) is 3.03. The highest BCUT2D eigenvalue weighted by atomic mass is 16.5. The Hall–Kier alpha value is -2.05. The van der Waals surface area contributed by atoms with Crippen molar-refractivity contribution < 1.29 is 18.6 Å². The van der Waals surface area contributed by atoms with Gasteiger partial charge in [0.1, 0.15) is 17.3 Å². The molecule has 0 radical (unpaired) electrons. The molecule has 0 unspecified atom stereocenters. The number of oxazole rings is 1. The highest BCUT2D eigenvalue weighted by Gasteiger charge is 2.25. The Labute approximate surface area is 155 Å². The molecule has 6 nitrogen and oxygen atoms in total. The van der Waals surface area contributed by atoms with E-state index in [-0.39, 0.29) is 0 Å². The quantitative estimate of drug-likeness (QED) is 0.751. The van der Waals surface area contributed by atoms with Crippen molar-refractivity contribution in [1.29, 1.82) is 0 Å². The van der Waals surface area contributed by atoms with Gasteiger partial charge in [-0.15, -0.1) is 0 Å². The first-order valence-electron chi connectivity index (χ1n) is 9.08. The van der Waals surface area contributed by atoms with Gasteiger partial charge < -0.3 is 18.6 Å². The molecule has 0 amide bonds. The van der Waals surface area contributed by atoms with Crippen molar-refractivity contribution in [1.82, 2.24) is 9.88 Å². The number of methoxy groups -OCH3 is 3. The van der Waals surface area contributed by atoms with Gasteiger partial charge in [-0.1, -0.05) is 6.42 Å². The van der Waals surface area contributed by atoms with Gasteiger partial charge >= 0.3 is 0 Å². The number of benzene rings is 1. The van der Waals surface area contributed by atoms with Crippen LogP contribution in [-0.4, -0.2) is 50.4 Å². The van der Waals surface area contributed by atoms with Gasteiger partial charge in [-0.25, -0.2) is 4.98 Å². The van der Waals surface area contributed by atoms with E-state index in [1.54, 1.807) is 21.3 Å². The maximum absolute atomic E-state index is 5.97. The molecule has 6 heteroatoms. The highest BCUT2D eigenvalue weighted by molar-refractivity contribution is 5.65. The van der Waals surface area contributed by atoms with Gasteiger partial charge in [-0.2, -0.15) is 0 Å². The Bertz CT molecular complexity index is 727. The fraction of sp³-hybridized carbons (Fsp3) is 0.550. The number of likely N-dealkylation sites (tertiary alicyclic amines) is 1. The molecule has 26 heavy (non-hydrogen) atoms. The second kappa shape index (κ2) is 8.56. The summed E-state index contributed by atoms with van der Waals surface area (Å²) in [6.45, 7) is 4.56. The molecule has 0 spiro atoms. The first-order chi connectivity index (χ1) is 12.7. The number of aryl methyl sites for hydroxylation is 1. The summed E-state index contributed by atoms with van der Waals surface area (Å²) in [6.07, 6.45) is 3.64. The molecule has 0 aliphatic carbocycles. The molecule has 1 aromatic carbocycles. The second-order valence-corrected chi connectivity index (χ2v) is 6.66. The van der Waals surface area contributed by atoms with Crippen LogP contribution < -0.4 is 9.47 Å². The number of hydrogen-bond donors (Lipinski definition) is 0. The summed E-state index contributed by atoms with van der Waals surface area (Å²) in [5.74, 6) is 2.86. The Kier molecular flexibility index (Phi) is 6.16. The van der Waals surface area contributed by atoms with Crippen molar-refractivity contribution in [3.63, 3.8) is 0 Å². The van der Waals surface area contributed by atoms with Crippen molar-refractivity contribution >= 4 is 0 Å². The Balaban J connectivity index is 1.85. The number of ether oxygens (including phenoxy) is 3. The van der Waals surface area contributed by atoms with Crippen LogP contribution in [0.15, 0.2) is 22.6 Å². The van der Waals surface area contributed by atoms with E-state index >= 15 is 0 Å². The van der Waals surface area contributed by atoms with Crippen molar-refractivity contribution in [3.05, 3.63) is 29.7 Å². The van der Waals surface area contributed by atoms with E-state index in [0.29, 0.717) is 17.7 Å². The molecule has 1 fully saturated rings. The number of piperidine rings is 1. The third kappa shape index (κ3) is 4.02. The summed E-state index contributed by atoms with van der Waals surface area (Å²) >= 11 is 0. The molecule has 1 aliphatic rings. The normalized spacial score (nSPS) is 18.1. The maximum Gasteiger partial charge on any atom is 0.230 e. The van der Waals surface area contributed by atoms with Crippen LogP contribution >= 0.6 is 0 Å². The highest BCUT2D eigenvalue weighted by Crippen LogP contribution is 2.34. The predicted octanol–water partition coefficient (Wildman–Crippen LogP) is 3.67. The minimum atomic E-state index is 0.444. The molecular weight excluding hydrogens is 332 g/mol. The van der Waals surface area contributed by atoms with Crippen LogP contribution in [0.1, 0.15) is 30.7 Å². The van der Waals surface area contributed by atoms with Gasteiger partial charge in [-0.05, 0) is 44.5 Å². The van der Waals surface area contributed by atoms with E-state index in [1.807, 2.05) is 25.1 Å². The van der Waals surface area contributed by atoms with E-state index in [2.05, 4.69) is 4.90 Å². The Morgan fingerprint density at radius 1 is 1.19 bits per heavy atom. The summed E-state index contributed by atoms with van der Waals surface area (Å²) in [5, 5.41) is 0. The van der Waals surface area contributed by atoms with Crippen molar-refractivity contribution in [2.24, 2.45) is 0 Å². The van der Waals surface area contributed by atoms with Crippen molar-refractivity contribution in [2.75, 3.05) is 34.5 Å². The molecule has 1 saturated heterocycles. The zero-order chi connectivity index (χ0) is 18.5. The molecule has 2 heterocycles. The van der Waals surface area contributed by atoms with E-state index in [9.17, 15) is 0 Å². The topological polar surface area (TPSA) is 57.0 Å². The average molecular weight is 360 g/mol. The number of aromatic nitrogens is 1. The molecule has 0 bridgehead atoms. The largest absolute Gasteiger partial charge is 0.497 e. The third-order valence-corrected chi connectivity index (χ3v) is 4.99. The van der Waals surface area contributed by atoms with Crippen molar-refractivity contribution in [2.45, 2.75) is 38.8 Å². The van der Waals surface area contributed by atoms with E-state index < -0.39 is 0 Å². The van der Waals surface area contributed by atoms with Gasteiger partial charge in [-0.3, -0.25) is 4.90 Å². The van der Waals surface area contributed by atoms with Gasteiger partial charge in [0, 0.05) is 19.7 Å². The molecular formula is C20H28N2O4. The second-order valence-electron chi connectivity index (χ2n) is 6.66. The van der Waals surface area contributed by atoms with Crippen LogP contribution in [0.3, 0.4) is 0 Å². The minimum absolute atomic E-state index is 0.444. The van der Waals surface area contributed by atoms with E-state index in [1.165, 1.54) is 19.3 Å². The minimum Gasteiger partial charge on any atom is -0.497 e. The Morgan fingerprint density at radius 2 is 2.04 bits per heavy atom. The predicted molar refractivity (Wildman–Crippen MR) is 99.7 cm³/mol. The van der Waals surface area contributed by atoms with Gasteiger partial charge in [0.2, 0.25) is 5.89 Å². The molecule has 0 N–H and O–H groups in total.